The number of aryl methyl sites for hydroxylation is 1. The Bertz CT molecular complexity index is 310. The minimum absolute atomic E-state index is 0.152. The van der Waals surface area contributed by atoms with Crippen LogP contribution < -0.4 is 10.5 Å². The van der Waals surface area contributed by atoms with Crippen LogP contribution in [0.25, 0.3) is 0 Å². The molecule has 0 bridgehead atoms. The van der Waals surface area contributed by atoms with E-state index in [1.807, 2.05) is 13.8 Å². The van der Waals surface area contributed by atoms with Crippen molar-refractivity contribution in [2.45, 2.75) is 19.9 Å². The van der Waals surface area contributed by atoms with Gasteiger partial charge < -0.3 is 10.5 Å². The quantitative estimate of drug-likeness (QED) is 0.762. The molecule has 1 aromatic carbocycles. The summed E-state index contributed by atoms with van der Waals surface area (Å²) in [4.78, 5) is 0. The minimum atomic E-state index is -0.361. The van der Waals surface area contributed by atoms with Crippen molar-refractivity contribution in [3.63, 3.8) is 0 Å². The first kappa shape index (κ1) is 9.99. The molecular formula is C10H14FNO. The van der Waals surface area contributed by atoms with Gasteiger partial charge in [0, 0.05) is 6.04 Å². The van der Waals surface area contributed by atoms with E-state index in [2.05, 4.69) is 0 Å². The molecule has 1 unspecified atom stereocenters. The lowest BCUT2D eigenvalue weighted by molar-refractivity contribution is 0.385. The molecule has 2 N–H and O–H groups in total. The molecule has 0 amide bonds. The van der Waals surface area contributed by atoms with Gasteiger partial charge in [-0.05, 0) is 37.1 Å². The summed E-state index contributed by atoms with van der Waals surface area (Å²) in [6.45, 7) is 3.72. The van der Waals surface area contributed by atoms with E-state index in [1.165, 1.54) is 13.2 Å². The van der Waals surface area contributed by atoms with Crippen LogP contribution in [0.2, 0.25) is 0 Å². The topological polar surface area (TPSA) is 35.2 Å². The van der Waals surface area contributed by atoms with Gasteiger partial charge in [0.25, 0.3) is 0 Å². The van der Waals surface area contributed by atoms with Crippen LogP contribution in [0.5, 0.6) is 5.75 Å². The van der Waals surface area contributed by atoms with Crippen molar-refractivity contribution in [2.75, 3.05) is 7.11 Å². The van der Waals surface area contributed by atoms with E-state index >= 15 is 0 Å². The molecule has 0 spiro atoms. The Morgan fingerprint density at radius 2 is 2.08 bits per heavy atom. The lowest BCUT2D eigenvalue weighted by Gasteiger charge is -2.11. The van der Waals surface area contributed by atoms with Gasteiger partial charge >= 0.3 is 0 Å². The van der Waals surface area contributed by atoms with Gasteiger partial charge in [0.1, 0.15) is 0 Å². The molecule has 0 fully saturated rings. The summed E-state index contributed by atoms with van der Waals surface area (Å²) in [6, 6.07) is 2.94. The maximum absolute atomic E-state index is 13.2. The van der Waals surface area contributed by atoms with E-state index < -0.39 is 0 Å². The summed E-state index contributed by atoms with van der Waals surface area (Å²) in [5.74, 6) is -0.0951. The van der Waals surface area contributed by atoms with Crippen molar-refractivity contribution in [3.8, 4) is 5.75 Å². The van der Waals surface area contributed by atoms with Crippen LogP contribution in [0.15, 0.2) is 12.1 Å². The molecule has 13 heavy (non-hydrogen) atoms. The van der Waals surface area contributed by atoms with E-state index in [0.717, 1.165) is 11.1 Å². The number of nitrogens with two attached hydrogens (primary N) is 1. The molecule has 72 valence electrons. The Kier molecular flexibility index (Phi) is 2.88. The third kappa shape index (κ3) is 1.98. The molecule has 3 heteroatoms. The fourth-order valence-electron chi connectivity index (χ4n) is 1.32. The number of ether oxygens (including phenoxy) is 1. The van der Waals surface area contributed by atoms with E-state index in [-0.39, 0.29) is 17.6 Å². The number of methoxy groups -OCH3 is 1. The predicted octanol–water partition coefficient (Wildman–Crippen LogP) is 2.16. The number of benzene rings is 1. The van der Waals surface area contributed by atoms with E-state index in [4.69, 9.17) is 10.5 Å². The van der Waals surface area contributed by atoms with Crippen LogP contribution in [0.3, 0.4) is 0 Å². The summed E-state index contributed by atoms with van der Waals surface area (Å²) in [5.41, 5.74) is 7.44. The molecule has 0 heterocycles. The van der Waals surface area contributed by atoms with Crippen LogP contribution in [-0.4, -0.2) is 7.11 Å². The van der Waals surface area contributed by atoms with Gasteiger partial charge in [0.2, 0.25) is 0 Å². The highest BCUT2D eigenvalue weighted by molar-refractivity contribution is 5.37. The monoisotopic (exact) mass is 183 g/mol. The Labute approximate surface area is 77.5 Å². The molecular weight excluding hydrogens is 169 g/mol. The smallest absolute Gasteiger partial charge is 0.165 e. The standard InChI is InChI=1S/C10H14FNO/c1-6-4-10(13-3)9(11)5-8(6)7(2)12/h4-5,7H,12H2,1-3H3. The molecule has 0 aromatic heterocycles. The molecule has 0 aliphatic carbocycles. The second-order valence-corrected chi connectivity index (χ2v) is 3.13. The third-order valence-electron chi connectivity index (χ3n) is 2.03. The molecule has 2 nitrogen and oxygen atoms in total. The average molecular weight is 183 g/mol. The van der Waals surface area contributed by atoms with E-state index in [0.29, 0.717) is 0 Å². The average Bonchev–Trinajstić information content (AvgIpc) is 2.07. The number of halogens is 1. The Hall–Kier alpha value is -1.09. The van der Waals surface area contributed by atoms with Crippen molar-refractivity contribution in [1.82, 2.24) is 0 Å². The fraction of sp³-hybridized carbons (Fsp3) is 0.400. The second kappa shape index (κ2) is 3.75. The minimum Gasteiger partial charge on any atom is -0.494 e. The largest absolute Gasteiger partial charge is 0.494 e. The number of rotatable bonds is 2. The summed E-state index contributed by atoms with van der Waals surface area (Å²) < 4.78 is 18.1. The predicted molar refractivity (Wildman–Crippen MR) is 50.3 cm³/mol. The molecule has 0 saturated heterocycles. The third-order valence-corrected chi connectivity index (χ3v) is 2.03. The van der Waals surface area contributed by atoms with Crippen LogP contribution >= 0.6 is 0 Å². The maximum Gasteiger partial charge on any atom is 0.165 e. The normalized spacial score (nSPS) is 12.7. The molecule has 0 radical (unpaired) electrons. The van der Waals surface area contributed by atoms with Gasteiger partial charge in [-0.15, -0.1) is 0 Å². The Morgan fingerprint density at radius 3 is 2.54 bits per heavy atom. The highest BCUT2D eigenvalue weighted by Gasteiger charge is 2.09. The van der Waals surface area contributed by atoms with Crippen LogP contribution in [0.1, 0.15) is 24.1 Å². The first-order valence-corrected chi connectivity index (χ1v) is 4.16. The first-order valence-electron chi connectivity index (χ1n) is 4.16. The summed E-state index contributed by atoms with van der Waals surface area (Å²) in [7, 11) is 1.45. The van der Waals surface area contributed by atoms with Gasteiger partial charge in [0.15, 0.2) is 11.6 Å². The van der Waals surface area contributed by atoms with E-state index in [9.17, 15) is 4.39 Å². The van der Waals surface area contributed by atoms with Crippen LogP contribution in [0.4, 0.5) is 4.39 Å². The second-order valence-electron chi connectivity index (χ2n) is 3.13. The Morgan fingerprint density at radius 1 is 1.46 bits per heavy atom. The highest BCUT2D eigenvalue weighted by atomic mass is 19.1. The lowest BCUT2D eigenvalue weighted by Crippen LogP contribution is -2.07. The SMILES string of the molecule is COc1cc(C)c(C(C)N)cc1F. The van der Waals surface area contributed by atoms with E-state index in [1.54, 1.807) is 6.07 Å². The summed E-state index contributed by atoms with van der Waals surface area (Å²) >= 11 is 0. The molecule has 1 rings (SSSR count). The van der Waals surface area contributed by atoms with Crippen molar-refractivity contribution >= 4 is 0 Å². The fourth-order valence-corrected chi connectivity index (χ4v) is 1.32. The molecule has 1 aromatic rings. The van der Waals surface area contributed by atoms with Gasteiger partial charge in [0.05, 0.1) is 7.11 Å². The van der Waals surface area contributed by atoms with Crippen molar-refractivity contribution in [3.05, 3.63) is 29.1 Å². The zero-order valence-electron chi connectivity index (χ0n) is 8.10. The molecule has 0 saturated carbocycles. The van der Waals surface area contributed by atoms with Crippen molar-refractivity contribution in [1.29, 1.82) is 0 Å². The van der Waals surface area contributed by atoms with Gasteiger partial charge in [-0.2, -0.15) is 0 Å². The zero-order chi connectivity index (χ0) is 10.0. The first-order chi connectivity index (χ1) is 6.06. The van der Waals surface area contributed by atoms with Gasteiger partial charge in [-0.3, -0.25) is 0 Å². The number of hydrogen-bond acceptors (Lipinski definition) is 2. The van der Waals surface area contributed by atoms with Gasteiger partial charge in [-0.25, -0.2) is 4.39 Å². The summed E-state index contributed by atoms with van der Waals surface area (Å²) in [5, 5.41) is 0. The van der Waals surface area contributed by atoms with Crippen molar-refractivity contribution < 1.29 is 9.13 Å². The number of hydrogen-bond donors (Lipinski definition) is 1. The molecule has 1 atom stereocenters. The molecule has 0 aliphatic heterocycles. The maximum atomic E-state index is 13.2. The lowest BCUT2D eigenvalue weighted by atomic mass is 10.0. The summed E-state index contributed by atoms with van der Waals surface area (Å²) in [6.07, 6.45) is 0. The van der Waals surface area contributed by atoms with Gasteiger partial charge in [-0.1, -0.05) is 0 Å². The van der Waals surface area contributed by atoms with Crippen molar-refractivity contribution in [2.24, 2.45) is 5.73 Å². The highest BCUT2D eigenvalue weighted by Crippen LogP contribution is 2.24. The molecule has 0 aliphatic rings. The Balaban J connectivity index is 3.20. The van der Waals surface area contributed by atoms with Crippen LogP contribution in [-0.2, 0) is 0 Å². The van der Waals surface area contributed by atoms with Crippen LogP contribution in [0, 0.1) is 12.7 Å². The zero-order valence-corrected chi connectivity index (χ0v) is 8.10.